The highest BCUT2D eigenvalue weighted by Gasteiger charge is 2.30. The summed E-state index contributed by atoms with van der Waals surface area (Å²) in [6, 6.07) is 2.78. The third-order valence-corrected chi connectivity index (χ3v) is 4.61. The predicted molar refractivity (Wildman–Crippen MR) is 78.3 cm³/mol. The smallest absolute Gasteiger partial charge is 0.133 e. The molecule has 0 radical (unpaired) electrons. The molecule has 2 aliphatic rings. The molecule has 0 saturated carbocycles. The van der Waals surface area contributed by atoms with Gasteiger partial charge in [-0.15, -0.1) is 0 Å². The number of nitrogens with two attached hydrogens (primary N) is 1. The molecule has 0 spiro atoms. The van der Waals surface area contributed by atoms with Crippen molar-refractivity contribution < 1.29 is 0 Å². The van der Waals surface area contributed by atoms with Gasteiger partial charge in [-0.3, -0.25) is 4.90 Å². The Morgan fingerprint density at radius 1 is 1.32 bits per heavy atom. The Labute approximate surface area is 115 Å². The van der Waals surface area contributed by atoms with E-state index in [0.717, 1.165) is 24.9 Å². The Hall–Kier alpha value is -1.13. The van der Waals surface area contributed by atoms with Crippen molar-refractivity contribution in [3.63, 3.8) is 0 Å². The van der Waals surface area contributed by atoms with Crippen molar-refractivity contribution in [3.8, 4) is 0 Å². The molecule has 0 amide bonds. The van der Waals surface area contributed by atoms with Crippen LogP contribution in [0.3, 0.4) is 0 Å². The molecule has 2 N–H and O–H groups in total. The Bertz CT molecular complexity index is 446. The Kier molecular flexibility index (Phi) is 3.71. The van der Waals surface area contributed by atoms with Gasteiger partial charge in [-0.25, -0.2) is 4.98 Å². The fourth-order valence-corrected chi connectivity index (χ4v) is 3.45. The van der Waals surface area contributed by atoms with Crippen LogP contribution in [0.1, 0.15) is 30.4 Å². The number of hydrogen-bond donors (Lipinski definition) is 1. The maximum Gasteiger partial charge on any atom is 0.133 e. The van der Waals surface area contributed by atoms with Crippen LogP contribution in [-0.2, 0) is 6.54 Å². The molecule has 2 fully saturated rings. The number of anilines is 1. The highest BCUT2D eigenvalue weighted by Crippen LogP contribution is 2.26. The number of pyridine rings is 1. The van der Waals surface area contributed by atoms with E-state index in [1.165, 1.54) is 43.5 Å². The Morgan fingerprint density at radius 3 is 3.05 bits per heavy atom. The van der Waals surface area contributed by atoms with E-state index in [9.17, 15) is 0 Å². The average molecular weight is 260 g/mol. The lowest BCUT2D eigenvalue weighted by atomic mass is 9.99. The van der Waals surface area contributed by atoms with Gasteiger partial charge in [0.15, 0.2) is 0 Å². The van der Waals surface area contributed by atoms with Crippen LogP contribution >= 0.6 is 0 Å². The van der Waals surface area contributed by atoms with Crippen molar-refractivity contribution in [1.82, 2.24) is 9.88 Å². The second-order valence-corrected chi connectivity index (χ2v) is 5.77. The maximum atomic E-state index is 5.91. The minimum atomic E-state index is 0.583. The van der Waals surface area contributed by atoms with Gasteiger partial charge < -0.3 is 10.6 Å². The molecule has 0 aromatic carbocycles. The molecular formula is C15H24N4. The summed E-state index contributed by atoms with van der Waals surface area (Å²) in [6.07, 6.45) is 5.99. The summed E-state index contributed by atoms with van der Waals surface area (Å²) in [5.74, 6) is 1.12. The number of rotatable bonds is 2. The lowest BCUT2D eigenvalue weighted by Crippen LogP contribution is -2.55. The van der Waals surface area contributed by atoms with Gasteiger partial charge >= 0.3 is 0 Å². The van der Waals surface area contributed by atoms with Gasteiger partial charge in [0.05, 0.1) is 0 Å². The molecule has 1 aromatic heterocycles. The van der Waals surface area contributed by atoms with Crippen LogP contribution in [0, 0.1) is 6.92 Å². The molecule has 0 aliphatic carbocycles. The maximum absolute atomic E-state index is 5.91. The van der Waals surface area contributed by atoms with Crippen molar-refractivity contribution in [2.75, 3.05) is 31.1 Å². The first kappa shape index (κ1) is 12.9. The summed E-state index contributed by atoms with van der Waals surface area (Å²) in [5, 5.41) is 0. The minimum Gasteiger partial charge on any atom is -0.353 e. The number of aryl methyl sites for hydroxylation is 1. The van der Waals surface area contributed by atoms with Crippen molar-refractivity contribution in [2.45, 2.75) is 38.8 Å². The monoisotopic (exact) mass is 260 g/mol. The topological polar surface area (TPSA) is 45.4 Å². The summed E-state index contributed by atoms with van der Waals surface area (Å²) in [4.78, 5) is 9.70. The molecule has 1 unspecified atom stereocenters. The van der Waals surface area contributed by atoms with E-state index in [-0.39, 0.29) is 0 Å². The number of fused-ring (bicyclic) bond motifs is 1. The van der Waals surface area contributed by atoms with E-state index in [1.807, 2.05) is 6.20 Å². The van der Waals surface area contributed by atoms with Gasteiger partial charge in [-0.05, 0) is 37.9 Å². The molecule has 4 heteroatoms. The Balaban J connectivity index is 1.81. The highest BCUT2D eigenvalue weighted by molar-refractivity contribution is 5.51. The lowest BCUT2D eigenvalue weighted by molar-refractivity contribution is 0.133. The molecule has 0 bridgehead atoms. The quantitative estimate of drug-likeness (QED) is 0.876. The van der Waals surface area contributed by atoms with Crippen molar-refractivity contribution in [1.29, 1.82) is 0 Å². The SMILES string of the molecule is Cc1ccnc(N2CCN3CCCCC3C2)c1CN. The summed E-state index contributed by atoms with van der Waals surface area (Å²) < 4.78 is 0. The number of piperazine rings is 1. The number of piperidine rings is 1. The van der Waals surface area contributed by atoms with Gasteiger partial charge in [0.1, 0.15) is 5.82 Å². The molecule has 104 valence electrons. The first-order valence-electron chi connectivity index (χ1n) is 7.43. The molecule has 3 heterocycles. The zero-order chi connectivity index (χ0) is 13.2. The van der Waals surface area contributed by atoms with E-state index in [1.54, 1.807) is 0 Å². The van der Waals surface area contributed by atoms with E-state index >= 15 is 0 Å². The molecule has 1 aromatic rings. The van der Waals surface area contributed by atoms with Crippen LogP contribution < -0.4 is 10.6 Å². The number of nitrogens with zero attached hydrogens (tertiary/aromatic N) is 3. The molecule has 4 nitrogen and oxygen atoms in total. The molecule has 3 rings (SSSR count). The first-order valence-corrected chi connectivity index (χ1v) is 7.43. The molecule has 1 atom stereocenters. The molecular weight excluding hydrogens is 236 g/mol. The van der Waals surface area contributed by atoms with Gasteiger partial charge in [0.2, 0.25) is 0 Å². The number of aromatic nitrogens is 1. The predicted octanol–water partition coefficient (Wildman–Crippen LogP) is 1.52. The average Bonchev–Trinajstić information content (AvgIpc) is 2.46. The van der Waals surface area contributed by atoms with Crippen LogP contribution in [0.4, 0.5) is 5.82 Å². The van der Waals surface area contributed by atoms with E-state index in [0.29, 0.717) is 6.54 Å². The van der Waals surface area contributed by atoms with Crippen LogP contribution in [0.15, 0.2) is 12.3 Å². The van der Waals surface area contributed by atoms with Crippen LogP contribution in [0.25, 0.3) is 0 Å². The van der Waals surface area contributed by atoms with Crippen LogP contribution in [-0.4, -0.2) is 42.1 Å². The van der Waals surface area contributed by atoms with Crippen molar-refractivity contribution in [3.05, 3.63) is 23.4 Å². The largest absolute Gasteiger partial charge is 0.353 e. The van der Waals surface area contributed by atoms with Gasteiger partial charge in [0, 0.05) is 44.0 Å². The highest BCUT2D eigenvalue weighted by atomic mass is 15.3. The number of hydrogen-bond acceptors (Lipinski definition) is 4. The third kappa shape index (κ3) is 2.47. The van der Waals surface area contributed by atoms with Crippen molar-refractivity contribution >= 4 is 5.82 Å². The zero-order valence-corrected chi connectivity index (χ0v) is 11.8. The lowest BCUT2D eigenvalue weighted by Gasteiger charge is -2.44. The fraction of sp³-hybridized carbons (Fsp3) is 0.667. The Morgan fingerprint density at radius 2 is 2.21 bits per heavy atom. The fourth-order valence-electron chi connectivity index (χ4n) is 3.45. The summed E-state index contributed by atoms with van der Waals surface area (Å²) in [6.45, 7) is 7.36. The second-order valence-electron chi connectivity index (χ2n) is 5.77. The van der Waals surface area contributed by atoms with E-state index in [2.05, 4.69) is 27.8 Å². The molecule has 2 aliphatic heterocycles. The standard InChI is InChI=1S/C15H24N4/c1-12-5-6-17-15(14(12)10-16)19-9-8-18-7-3-2-4-13(18)11-19/h5-6,13H,2-4,7-11,16H2,1H3. The summed E-state index contributed by atoms with van der Waals surface area (Å²) in [5.41, 5.74) is 8.39. The van der Waals surface area contributed by atoms with E-state index in [4.69, 9.17) is 5.73 Å². The first-order chi connectivity index (χ1) is 9.29. The zero-order valence-electron chi connectivity index (χ0n) is 11.8. The molecule has 2 saturated heterocycles. The minimum absolute atomic E-state index is 0.583. The summed E-state index contributed by atoms with van der Waals surface area (Å²) >= 11 is 0. The normalized spacial score (nSPS) is 24.3. The van der Waals surface area contributed by atoms with Gasteiger partial charge in [0.25, 0.3) is 0 Å². The molecule has 19 heavy (non-hydrogen) atoms. The van der Waals surface area contributed by atoms with Crippen LogP contribution in [0.5, 0.6) is 0 Å². The van der Waals surface area contributed by atoms with Crippen LogP contribution in [0.2, 0.25) is 0 Å². The second kappa shape index (κ2) is 5.47. The van der Waals surface area contributed by atoms with Gasteiger partial charge in [-0.2, -0.15) is 0 Å². The van der Waals surface area contributed by atoms with E-state index < -0.39 is 0 Å². The summed E-state index contributed by atoms with van der Waals surface area (Å²) in [7, 11) is 0. The van der Waals surface area contributed by atoms with Crippen molar-refractivity contribution in [2.24, 2.45) is 5.73 Å². The third-order valence-electron chi connectivity index (χ3n) is 4.61. The van der Waals surface area contributed by atoms with Gasteiger partial charge in [-0.1, -0.05) is 6.42 Å².